The topological polar surface area (TPSA) is 58.1 Å². The summed E-state index contributed by atoms with van der Waals surface area (Å²) >= 11 is 0. The Morgan fingerprint density at radius 2 is 1.81 bits per heavy atom. The predicted octanol–water partition coefficient (Wildman–Crippen LogP) is 2.57. The standard InChI is InChI=1S/C16H20N4O/c1-3-20(4-2)16(21)14-11-19-15(12-17-14)18-10-13-8-6-5-7-9-13/h5-9,11-12H,3-4,10H2,1-2H3,(H,18,19). The molecule has 0 fully saturated rings. The number of nitrogens with one attached hydrogen (secondary N) is 1. The highest BCUT2D eigenvalue weighted by Crippen LogP contribution is 2.07. The molecule has 0 saturated heterocycles. The van der Waals surface area contributed by atoms with Crippen molar-refractivity contribution in [3.05, 3.63) is 54.0 Å². The van der Waals surface area contributed by atoms with Gasteiger partial charge in [-0.05, 0) is 19.4 Å². The van der Waals surface area contributed by atoms with Crippen molar-refractivity contribution in [3.8, 4) is 0 Å². The Morgan fingerprint density at radius 1 is 1.10 bits per heavy atom. The average molecular weight is 284 g/mol. The first-order valence-corrected chi connectivity index (χ1v) is 7.13. The molecule has 21 heavy (non-hydrogen) atoms. The molecule has 5 nitrogen and oxygen atoms in total. The van der Waals surface area contributed by atoms with Crippen molar-refractivity contribution in [1.82, 2.24) is 14.9 Å². The molecule has 1 amide bonds. The minimum Gasteiger partial charge on any atom is -0.365 e. The number of aromatic nitrogens is 2. The van der Waals surface area contributed by atoms with E-state index >= 15 is 0 Å². The molecule has 0 atom stereocenters. The van der Waals surface area contributed by atoms with Crippen LogP contribution in [0.2, 0.25) is 0 Å². The molecule has 0 bridgehead atoms. The van der Waals surface area contributed by atoms with Gasteiger partial charge in [0.25, 0.3) is 5.91 Å². The summed E-state index contributed by atoms with van der Waals surface area (Å²) in [6, 6.07) is 10.1. The molecule has 0 saturated carbocycles. The zero-order valence-corrected chi connectivity index (χ0v) is 12.4. The second kappa shape index (κ2) is 7.38. The van der Waals surface area contributed by atoms with Crippen LogP contribution in [0.1, 0.15) is 29.9 Å². The summed E-state index contributed by atoms with van der Waals surface area (Å²) in [6.45, 7) is 5.92. The third-order valence-corrected chi connectivity index (χ3v) is 3.24. The highest BCUT2D eigenvalue weighted by molar-refractivity contribution is 5.92. The van der Waals surface area contributed by atoms with Crippen LogP contribution in [0.25, 0.3) is 0 Å². The van der Waals surface area contributed by atoms with Crippen molar-refractivity contribution in [1.29, 1.82) is 0 Å². The Kier molecular flexibility index (Phi) is 5.26. The second-order valence-electron chi connectivity index (χ2n) is 4.60. The maximum absolute atomic E-state index is 12.1. The van der Waals surface area contributed by atoms with Crippen LogP contribution in [0, 0.1) is 0 Å². The van der Waals surface area contributed by atoms with Gasteiger partial charge in [0.15, 0.2) is 0 Å². The quantitative estimate of drug-likeness (QED) is 0.885. The van der Waals surface area contributed by atoms with Gasteiger partial charge in [-0.1, -0.05) is 30.3 Å². The number of amides is 1. The lowest BCUT2D eigenvalue weighted by Crippen LogP contribution is -2.31. The molecule has 0 spiro atoms. The van der Waals surface area contributed by atoms with E-state index in [1.54, 1.807) is 11.1 Å². The molecule has 0 aliphatic heterocycles. The number of hydrogen-bond donors (Lipinski definition) is 1. The Bertz CT molecular complexity index is 565. The molecular formula is C16H20N4O. The summed E-state index contributed by atoms with van der Waals surface area (Å²) in [5.74, 6) is 0.581. The van der Waals surface area contributed by atoms with Gasteiger partial charge in [0, 0.05) is 19.6 Å². The van der Waals surface area contributed by atoms with E-state index in [2.05, 4.69) is 15.3 Å². The van der Waals surface area contributed by atoms with Gasteiger partial charge in [-0.15, -0.1) is 0 Å². The number of hydrogen-bond acceptors (Lipinski definition) is 4. The van der Waals surface area contributed by atoms with Crippen molar-refractivity contribution in [2.45, 2.75) is 20.4 Å². The van der Waals surface area contributed by atoms with E-state index in [0.717, 1.165) is 0 Å². The molecule has 2 aromatic rings. The lowest BCUT2D eigenvalue weighted by atomic mass is 10.2. The molecule has 0 radical (unpaired) electrons. The summed E-state index contributed by atoms with van der Waals surface area (Å²) in [5, 5.41) is 3.19. The highest BCUT2D eigenvalue weighted by Gasteiger charge is 2.13. The van der Waals surface area contributed by atoms with Gasteiger partial charge in [0.2, 0.25) is 0 Å². The minimum atomic E-state index is -0.0814. The van der Waals surface area contributed by atoms with Gasteiger partial charge in [-0.2, -0.15) is 0 Å². The predicted molar refractivity (Wildman–Crippen MR) is 83.1 cm³/mol. The second-order valence-corrected chi connectivity index (χ2v) is 4.60. The van der Waals surface area contributed by atoms with Gasteiger partial charge in [-0.3, -0.25) is 4.79 Å². The first-order chi connectivity index (χ1) is 10.2. The number of carbonyl (C=O) groups is 1. The third kappa shape index (κ3) is 4.02. The van der Waals surface area contributed by atoms with E-state index in [9.17, 15) is 4.79 Å². The van der Waals surface area contributed by atoms with Crippen LogP contribution in [0.15, 0.2) is 42.7 Å². The Labute approximate surface area is 125 Å². The maximum Gasteiger partial charge on any atom is 0.274 e. The number of anilines is 1. The maximum atomic E-state index is 12.1. The SMILES string of the molecule is CCN(CC)C(=O)c1cnc(NCc2ccccc2)cn1. The first kappa shape index (κ1) is 15.0. The zero-order chi connectivity index (χ0) is 15.1. The normalized spacial score (nSPS) is 10.2. The van der Waals surface area contributed by atoms with E-state index in [4.69, 9.17) is 0 Å². The van der Waals surface area contributed by atoms with E-state index in [1.807, 2.05) is 44.2 Å². The summed E-state index contributed by atoms with van der Waals surface area (Å²) in [6.07, 6.45) is 3.12. The van der Waals surface area contributed by atoms with Crippen LogP contribution >= 0.6 is 0 Å². The van der Waals surface area contributed by atoms with Crippen molar-refractivity contribution >= 4 is 11.7 Å². The van der Waals surface area contributed by atoms with Gasteiger partial charge >= 0.3 is 0 Å². The molecular weight excluding hydrogens is 264 g/mol. The molecule has 110 valence electrons. The molecule has 1 N–H and O–H groups in total. The van der Waals surface area contributed by atoms with Gasteiger partial charge in [-0.25, -0.2) is 9.97 Å². The van der Waals surface area contributed by atoms with E-state index in [0.29, 0.717) is 31.1 Å². The van der Waals surface area contributed by atoms with Crippen molar-refractivity contribution in [2.24, 2.45) is 0 Å². The Morgan fingerprint density at radius 3 is 2.38 bits per heavy atom. The van der Waals surface area contributed by atoms with Crippen LogP contribution in [-0.4, -0.2) is 33.9 Å². The Hall–Kier alpha value is -2.43. The fourth-order valence-corrected chi connectivity index (χ4v) is 1.99. The van der Waals surface area contributed by atoms with E-state index in [-0.39, 0.29) is 5.91 Å². The lowest BCUT2D eigenvalue weighted by molar-refractivity contribution is 0.0766. The van der Waals surface area contributed by atoms with Crippen molar-refractivity contribution < 1.29 is 4.79 Å². The molecule has 0 unspecified atom stereocenters. The van der Waals surface area contributed by atoms with Crippen LogP contribution in [0.5, 0.6) is 0 Å². The molecule has 1 aromatic heterocycles. The number of rotatable bonds is 6. The molecule has 1 aromatic carbocycles. The molecule has 1 heterocycles. The zero-order valence-electron chi connectivity index (χ0n) is 12.4. The number of benzene rings is 1. The fourth-order valence-electron chi connectivity index (χ4n) is 1.99. The van der Waals surface area contributed by atoms with E-state index < -0.39 is 0 Å². The van der Waals surface area contributed by atoms with Gasteiger partial charge in [0.1, 0.15) is 11.5 Å². The largest absolute Gasteiger partial charge is 0.365 e. The molecule has 5 heteroatoms. The monoisotopic (exact) mass is 284 g/mol. The summed E-state index contributed by atoms with van der Waals surface area (Å²) < 4.78 is 0. The average Bonchev–Trinajstić information content (AvgIpc) is 2.55. The smallest absolute Gasteiger partial charge is 0.274 e. The van der Waals surface area contributed by atoms with Gasteiger partial charge < -0.3 is 10.2 Å². The molecule has 0 aliphatic carbocycles. The Balaban J connectivity index is 1.97. The van der Waals surface area contributed by atoms with Crippen LogP contribution in [0.3, 0.4) is 0 Å². The number of carbonyl (C=O) groups excluding carboxylic acids is 1. The minimum absolute atomic E-state index is 0.0814. The van der Waals surface area contributed by atoms with Crippen molar-refractivity contribution in [2.75, 3.05) is 18.4 Å². The van der Waals surface area contributed by atoms with E-state index in [1.165, 1.54) is 11.8 Å². The molecule has 0 aliphatic rings. The van der Waals surface area contributed by atoms with Gasteiger partial charge in [0.05, 0.1) is 12.4 Å². The van der Waals surface area contributed by atoms with Crippen LogP contribution < -0.4 is 5.32 Å². The van der Waals surface area contributed by atoms with Crippen LogP contribution in [0.4, 0.5) is 5.82 Å². The summed E-state index contributed by atoms with van der Waals surface area (Å²) in [4.78, 5) is 22.3. The molecule has 2 rings (SSSR count). The third-order valence-electron chi connectivity index (χ3n) is 3.24. The summed E-state index contributed by atoms with van der Waals surface area (Å²) in [5.41, 5.74) is 1.55. The van der Waals surface area contributed by atoms with Crippen LogP contribution in [-0.2, 0) is 6.54 Å². The lowest BCUT2D eigenvalue weighted by Gasteiger charge is -2.17. The fraction of sp³-hybridized carbons (Fsp3) is 0.312. The highest BCUT2D eigenvalue weighted by atomic mass is 16.2. The first-order valence-electron chi connectivity index (χ1n) is 7.13. The number of nitrogens with zero attached hydrogens (tertiary/aromatic N) is 3. The van der Waals surface area contributed by atoms with Crippen molar-refractivity contribution in [3.63, 3.8) is 0 Å². The summed E-state index contributed by atoms with van der Waals surface area (Å²) in [7, 11) is 0.